The van der Waals surface area contributed by atoms with E-state index in [0.717, 1.165) is 24.9 Å². The maximum atomic E-state index is 13.0. The molecule has 0 radical (unpaired) electrons. The van der Waals surface area contributed by atoms with Crippen LogP contribution in [0.5, 0.6) is 0 Å². The molecule has 5 nitrogen and oxygen atoms in total. The number of hydrogen-bond donors (Lipinski definition) is 1. The molecule has 7 heteroatoms. The Hall–Kier alpha value is -1.18. The van der Waals surface area contributed by atoms with Crippen LogP contribution in [0.1, 0.15) is 13.3 Å². The Bertz CT molecular complexity index is 897. The third-order valence-electron chi connectivity index (χ3n) is 5.02. The number of nitrogens with one attached hydrogen (secondary N) is 1. The Morgan fingerprint density at radius 3 is 2.76 bits per heavy atom. The highest BCUT2D eigenvalue weighted by molar-refractivity contribution is 7.89. The molecule has 0 bridgehead atoms. The second kappa shape index (κ2) is 6.52. The number of fused-ring (bicyclic) bond motifs is 2. The number of ether oxygens (including phenoxy) is 1. The lowest BCUT2D eigenvalue weighted by atomic mass is 10.1. The molecule has 2 aromatic carbocycles. The molecule has 0 amide bonds. The molecule has 2 aromatic rings. The van der Waals surface area contributed by atoms with Gasteiger partial charge in [0.25, 0.3) is 0 Å². The lowest BCUT2D eigenvalue weighted by Gasteiger charge is -2.33. The summed E-state index contributed by atoms with van der Waals surface area (Å²) in [5.41, 5.74) is 0. The van der Waals surface area contributed by atoms with Crippen molar-refractivity contribution in [2.24, 2.45) is 0 Å². The van der Waals surface area contributed by atoms with Gasteiger partial charge in [0.1, 0.15) is 0 Å². The van der Waals surface area contributed by atoms with Crippen molar-refractivity contribution < 1.29 is 13.2 Å². The third-order valence-corrected chi connectivity index (χ3v) is 6.90. The molecular weight excluding hydrogens is 360 g/mol. The van der Waals surface area contributed by atoms with Gasteiger partial charge in [-0.05, 0) is 30.9 Å². The normalized spacial score (nSPS) is 27.5. The standard InChI is InChI=1S/C18H21ClN2O3S/c1-12-9-21-10-14(8-15(21)11-24-12)20-25(22,23)17-7-3-5-13-4-2-6-16(19)18(13)17/h2-7,12,14-15,20H,8-11H2,1H3/t12-,14-,15+/m1/s1. The van der Waals surface area contributed by atoms with E-state index in [1.54, 1.807) is 18.2 Å². The van der Waals surface area contributed by atoms with Crippen LogP contribution in [-0.4, -0.2) is 51.2 Å². The van der Waals surface area contributed by atoms with Crippen LogP contribution < -0.4 is 4.72 Å². The quantitative estimate of drug-likeness (QED) is 0.889. The summed E-state index contributed by atoms with van der Waals surface area (Å²) in [7, 11) is -3.65. The SMILES string of the molecule is C[C@@H]1CN2C[C@H](NS(=O)(=O)c3cccc4cccc(Cl)c34)C[C@H]2CO1. The molecule has 25 heavy (non-hydrogen) atoms. The van der Waals surface area contributed by atoms with E-state index in [9.17, 15) is 8.42 Å². The van der Waals surface area contributed by atoms with Gasteiger partial charge in [0.05, 0.1) is 17.6 Å². The second-order valence-electron chi connectivity index (χ2n) is 6.90. The minimum absolute atomic E-state index is 0.110. The first-order chi connectivity index (χ1) is 11.9. The van der Waals surface area contributed by atoms with Crippen LogP contribution in [0.3, 0.4) is 0 Å². The Morgan fingerprint density at radius 1 is 1.20 bits per heavy atom. The average Bonchev–Trinajstić information content (AvgIpc) is 2.95. The smallest absolute Gasteiger partial charge is 0.241 e. The molecule has 2 heterocycles. The first-order valence-corrected chi connectivity index (χ1v) is 10.4. The van der Waals surface area contributed by atoms with Crippen molar-refractivity contribution in [1.29, 1.82) is 0 Å². The molecule has 2 fully saturated rings. The van der Waals surface area contributed by atoms with Gasteiger partial charge in [-0.3, -0.25) is 4.90 Å². The Kier molecular flexibility index (Phi) is 4.50. The summed E-state index contributed by atoms with van der Waals surface area (Å²) in [6, 6.07) is 10.8. The third kappa shape index (κ3) is 3.29. The minimum atomic E-state index is -3.65. The topological polar surface area (TPSA) is 58.6 Å². The number of benzene rings is 2. The van der Waals surface area contributed by atoms with E-state index in [2.05, 4.69) is 9.62 Å². The molecule has 3 atom stereocenters. The number of sulfonamides is 1. The number of morpholine rings is 1. The molecule has 2 aliphatic rings. The van der Waals surface area contributed by atoms with Crippen molar-refractivity contribution in [2.75, 3.05) is 19.7 Å². The largest absolute Gasteiger partial charge is 0.376 e. The number of rotatable bonds is 3. The summed E-state index contributed by atoms with van der Waals surface area (Å²) >= 11 is 6.28. The van der Waals surface area contributed by atoms with Gasteiger partial charge in [0.2, 0.25) is 10.0 Å². The summed E-state index contributed by atoms with van der Waals surface area (Å²) in [6.07, 6.45) is 0.966. The number of hydrogen-bond acceptors (Lipinski definition) is 4. The zero-order valence-electron chi connectivity index (χ0n) is 14.0. The molecule has 1 N–H and O–H groups in total. The van der Waals surface area contributed by atoms with E-state index >= 15 is 0 Å². The van der Waals surface area contributed by atoms with Gasteiger partial charge < -0.3 is 4.74 Å². The molecule has 0 unspecified atom stereocenters. The molecule has 2 saturated heterocycles. The van der Waals surface area contributed by atoms with Crippen molar-refractivity contribution in [3.63, 3.8) is 0 Å². The predicted molar refractivity (Wildman–Crippen MR) is 98.5 cm³/mol. The summed E-state index contributed by atoms with van der Waals surface area (Å²) in [4.78, 5) is 2.56. The first kappa shape index (κ1) is 17.2. The maximum absolute atomic E-state index is 13.0. The summed E-state index contributed by atoms with van der Waals surface area (Å²) in [5, 5.41) is 1.85. The fourth-order valence-corrected chi connectivity index (χ4v) is 5.72. The molecule has 0 spiro atoms. The van der Waals surface area contributed by atoms with Gasteiger partial charge in [0, 0.05) is 35.6 Å². The monoisotopic (exact) mass is 380 g/mol. The van der Waals surface area contributed by atoms with Crippen molar-refractivity contribution >= 4 is 32.4 Å². The van der Waals surface area contributed by atoms with Gasteiger partial charge in [-0.1, -0.05) is 35.9 Å². The van der Waals surface area contributed by atoms with E-state index < -0.39 is 10.0 Å². The zero-order valence-corrected chi connectivity index (χ0v) is 15.6. The van der Waals surface area contributed by atoms with Crippen LogP contribution in [0.4, 0.5) is 0 Å². The van der Waals surface area contributed by atoms with Gasteiger partial charge in [-0.25, -0.2) is 13.1 Å². The molecule has 0 saturated carbocycles. The fourth-order valence-electron chi connectivity index (χ4n) is 3.89. The molecule has 0 aliphatic carbocycles. The Labute approximate surface area is 153 Å². The van der Waals surface area contributed by atoms with E-state index in [1.165, 1.54) is 0 Å². The van der Waals surface area contributed by atoms with Crippen LogP contribution in [0.25, 0.3) is 10.8 Å². The fraction of sp³-hybridized carbons (Fsp3) is 0.444. The van der Waals surface area contributed by atoms with Crippen molar-refractivity contribution in [3.05, 3.63) is 41.4 Å². The summed E-state index contributed by atoms with van der Waals surface area (Å²) in [5.74, 6) is 0. The van der Waals surface area contributed by atoms with Gasteiger partial charge in [-0.15, -0.1) is 0 Å². The van der Waals surface area contributed by atoms with Crippen LogP contribution in [0, 0.1) is 0 Å². The van der Waals surface area contributed by atoms with Crippen molar-refractivity contribution in [2.45, 2.75) is 36.4 Å². The molecule has 0 aromatic heterocycles. The van der Waals surface area contributed by atoms with E-state index in [-0.39, 0.29) is 17.0 Å². The van der Waals surface area contributed by atoms with Crippen LogP contribution in [0.15, 0.2) is 41.3 Å². The van der Waals surface area contributed by atoms with E-state index in [4.69, 9.17) is 16.3 Å². The molecule has 4 rings (SSSR count). The maximum Gasteiger partial charge on any atom is 0.241 e. The molecule has 134 valence electrons. The predicted octanol–water partition coefficient (Wildman–Crippen LogP) is 2.63. The Morgan fingerprint density at radius 2 is 1.96 bits per heavy atom. The highest BCUT2D eigenvalue weighted by Crippen LogP contribution is 2.31. The summed E-state index contributed by atoms with van der Waals surface area (Å²) < 4.78 is 34.6. The van der Waals surface area contributed by atoms with Crippen molar-refractivity contribution in [1.82, 2.24) is 9.62 Å². The van der Waals surface area contributed by atoms with Gasteiger partial charge in [-0.2, -0.15) is 0 Å². The van der Waals surface area contributed by atoms with Crippen LogP contribution >= 0.6 is 11.6 Å². The lowest BCUT2D eigenvalue weighted by molar-refractivity contribution is -0.0390. The van der Waals surface area contributed by atoms with E-state index in [1.807, 2.05) is 25.1 Å². The van der Waals surface area contributed by atoms with E-state index in [0.29, 0.717) is 23.1 Å². The highest BCUT2D eigenvalue weighted by Gasteiger charge is 2.38. The highest BCUT2D eigenvalue weighted by atomic mass is 35.5. The zero-order chi connectivity index (χ0) is 17.6. The lowest BCUT2D eigenvalue weighted by Crippen LogP contribution is -2.45. The van der Waals surface area contributed by atoms with Crippen LogP contribution in [0.2, 0.25) is 5.02 Å². The van der Waals surface area contributed by atoms with Crippen molar-refractivity contribution in [3.8, 4) is 0 Å². The van der Waals surface area contributed by atoms with Gasteiger partial charge in [0.15, 0.2) is 0 Å². The second-order valence-corrected chi connectivity index (χ2v) is 8.99. The molecule has 2 aliphatic heterocycles. The summed E-state index contributed by atoms with van der Waals surface area (Å²) in [6.45, 7) is 4.28. The number of halogens is 1. The van der Waals surface area contributed by atoms with Gasteiger partial charge >= 0.3 is 0 Å². The Balaban J connectivity index is 1.61. The minimum Gasteiger partial charge on any atom is -0.376 e. The van der Waals surface area contributed by atoms with Crippen LogP contribution in [-0.2, 0) is 14.8 Å². The average molecular weight is 381 g/mol. The molecular formula is C18H21ClN2O3S. The first-order valence-electron chi connectivity index (χ1n) is 8.49. The number of nitrogens with zero attached hydrogens (tertiary/aromatic N) is 1.